The van der Waals surface area contributed by atoms with Gasteiger partial charge in [0.2, 0.25) is 0 Å². The lowest BCUT2D eigenvalue weighted by Crippen LogP contribution is -2.11. The SMILES string of the molecule is Cc1cccc(Nc2nc(-c3ccc(NC(=O)c4cccc(F)c4)cc3)cs2)c1. The van der Waals surface area contributed by atoms with Gasteiger partial charge in [-0.2, -0.15) is 0 Å². The van der Waals surface area contributed by atoms with E-state index in [4.69, 9.17) is 0 Å². The fourth-order valence-corrected chi connectivity index (χ4v) is 3.61. The lowest BCUT2D eigenvalue weighted by Gasteiger charge is -2.06. The highest BCUT2D eigenvalue weighted by Crippen LogP contribution is 2.28. The zero-order valence-electron chi connectivity index (χ0n) is 15.6. The molecule has 0 fully saturated rings. The number of nitrogens with one attached hydrogen (secondary N) is 2. The van der Waals surface area contributed by atoms with E-state index in [1.165, 1.54) is 35.1 Å². The molecule has 2 N–H and O–H groups in total. The summed E-state index contributed by atoms with van der Waals surface area (Å²) in [5.41, 5.74) is 4.90. The molecule has 0 spiro atoms. The van der Waals surface area contributed by atoms with Gasteiger partial charge in [-0.3, -0.25) is 4.79 Å². The summed E-state index contributed by atoms with van der Waals surface area (Å²) in [4.78, 5) is 16.9. The summed E-state index contributed by atoms with van der Waals surface area (Å²) in [5.74, 6) is -0.790. The molecule has 0 saturated heterocycles. The summed E-state index contributed by atoms with van der Waals surface area (Å²) in [5, 5.41) is 8.88. The first-order valence-electron chi connectivity index (χ1n) is 9.03. The fourth-order valence-electron chi connectivity index (χ4n) is 2.87. The van der Waals surface area contributed by atoms with Crippen LogP contribution in [0.1, 0.15) is 15.9 Å². The number of carbonyl (C=O) groups is 1. The van der Waals surface area contributed by atoms with Crippen molar-refractivity contribution in [3.05, 3.63) is 95.1 Å². The second kappa shape index (κ2) is 8.24. The molecular formula is C23H18FN3OS. The number of hydrogen-bond donors (Lipinski definition) is 2. The monoisotopic (exact) mass is 403 g/mol. The van der Waals surface area contributed by atoms with E-state index in [2.05, 4.69) is 21.7 Å². The number of benzene rings is 3. The smallest absolute Gasteiger partial charge is 0.255 e. The first-order valence-corrected chi connectivity index (χ1v) is 9.91. The summed E-state index contributed by atoms with van der Waals surface area (Å²) in [6, 6.07) is 21.1. The van der Waals surface area contributed by atoms with Crippen molar-refractivity contribution in [1.82, 2.24) is 4.98 Å². The molecule has 0 saturated carbocycles. The third-order valence-corrected chi connectivity index (χ3v) is 5.06. The molecule has 4 aromatic rings. The number of anilines is 3. The van der Waals surface area contributed by atoms with Crippen LogP contribution in [-0.2, 0) is 0 Å². The predicted octanol–water partition coefficient (Wildman–Crippen LogP) is 6.25. The molecule has 0 aliphatic rings. The Hall–Kier alpha value is -3.51. The van der Waals surface area contributed by atoms with Gasteiger partial charge in [0.25, 0.3) is 5.91 Å². The topological polar surface area (TPSA) is 54.0 Å². The summed E-state index contributed by atoms with van der Waals surface area (Å²) >= 11 is 1.53. The van der Waals surface area contributed by atoms with Crippen molar-refractivity contribution < 1.29 is 9.18 Å². The van der Waals surface area contributed by atoms with Crippen molar-refractivity contribution >= 4 is 33.8 Å². The highest BCUT2D eigenvalue weighted by Gasteiger charge is 2.09. The minimum absolute atomic E-state index is 0.278. The maximum absolute atomic E-state index is 13.3. The number of hydrogen-bond acceptors (Lipinski definition) is 4. The molecular weight excluding hydrogens is 385 g/mol. The molecule has 1 heterocycles. The van der Waals surface area contributed by atoms with E-state index in [0.717, 1.165) is 22.1 Å². The fraction of sp³-hybridized carbons (Fsp3) is 0.0435. The molecule has 0 bridgehead atoms. The Morgan fingerprint density at radius 2 is 1.76 bits per heavy atom. The molecule has 1 amide bonds. The minimum Gasteiger partial charge on any atom is -0.332 e. The summed E-state index contributed by atoms with van der Waals surface area (Å²) in [7, 11) is 0. The first kappa shape index (κ1) is 18.8. The van der Waals surface area contributed by atoms with Crippen molar-refractivity contribution in [1.29, 1.82) is 0 Å². The Kier molecular flexibility index (Phi) is 5.35. The van der Waals surface area contributed by atoms with Crippen molar-refractivity contribution in [2.45, 2.75) is 6.92 Å². The molecule has 3 aromatic carbocycles. The van der Waals surface area contributed by atoms with Gasteiger partial charge in [-0.1, -0.05) is 30.3 Å². The number of thiazole rings is 1. The quantitative estimate of drug-likeness (QED) is 0.414. The van der Waals surface area contributed by atoms with E-state index in [9.17, 15) is 9.18 Å². The highest BCUT2D eigenvalue weighted by molar-refractivity contribution is 7.14. The third kappa shape index (κ3) is 4.67. The standard InChI is InChI=1S/C23H18FN3OS/c1-15-4-2-7-20(12-15)26-23-27-21(14-29-23)16-8-10-19(11-9-16)25-22(28)17-5-3-6-18(24)13-17/h2-14H,1H3,(H,25,28)(H,26,27). The third-order valence-electron chi connectivity index (χ3n) is 4.30. The number of amides is 1. The number of halogens is 1. The molecule has 4 rings (SSSR count). The van der Waals surface area contributed by atoms with Crippen LogP contribution >= 0.6 is 11.3 Å². The van der Waals surface area contributed by atoms with Gasteiger partial charge in [0.1, 0.15) is 5.82 Å². The van der Waals surface area contributed by atoms with Gasteiger partial charge in [0.05, 0.1) is 5.69 Å². The van der Waals surface area contributed by atoms with E-state index in [1.807, 2.05) is 42.6 Å². The average Bonchev–Trinajstić information content (AvgIpc) is 3.17. The van der Waals surface area contributed by atoms with E-state index in [1.54, 1.807) is 18.2 Å². The Labute approximate surface area is 172 Å². The molecule has 4 nitrogen and oxygen atoms in total. The molecule has 144 valence electrons. The Bertz CT molecular complexity index is 1150. The zero-order chi connectivity index (χ0) is 20.2. The largest absolute Gasteiger partial charge is 0.332 e. The summed E-state index contributed by atoms with van der Waals surface area (Å²) < 4.78 is 13.3. The van der Waals surface area contributed by atoms with Gasteiger partial charge in [-0.05, 0) is 55.0 Å². The number of aryl methyl sites for hydroxylation is 1. The van der Waals surface area contributed by atoms with Crippen LogP contribution in [0.5, 0.6) is 0 Å². The highest BCUT2D eigenvalue weighted by atomic mass is 32.1. The van der Waals surface area contributed by atoms with Gasteiger partial charge in [0, 0.05) is 27.9 Å². The average molecular weight is 403 g/mol. The van der Waals surface area contributed by atoms with Crippen LogP contribution in [0.4, 0.5) is 20.9 Å². The number of aromatic nitrogens is 1. The molecule has 0 unspecified atom stereocenters. The Morgan fingerprint density at radius 3 is 2.52 bits per heavy atom. The van der Waals surface area contributed by atoms with E-state index < -0.39 is 5.82 Å². The maximum atomic E-state index is 13.3. The van der Waals surface area contributed by atoms with Crippen LogP contribution in [-0.4, -0.2) is 10.9 Å². The summed E-state index contributed by atoms with van der Waals surface area (Å²) in [6.07, 6.45) is 0. The predicted molar refractivity (Wildman–Crippen MR) is 116 cm³/mol. The molecule has 0 aliphatic carbocycles. The zero-order valence-corrected chi connectivity index (χ0v) is 16.5. The second-order valence-electron chi connectivity index (χ2n) is 6.57. The van der Waals surface area contributed by atoms with Crippen LogP contribution in [0.15, 0.2) is 78.2 Å². The van der Waals surface area contributed by atoms with Gasteiger partial charge < -0.3 is 10.6 Å². The maximum Gasteiger partial charge on any atom is 0.255 e. The lowest BCUT2D eigenvalue weighted by atomic mass is 10.1. The van der Waals surface area contributed by atoms with Gasteiger partial charge >= 0.3 is 0 Å². The van der Waals surface area contributed by atoms with Crippen LogP contribution in [0, 0.1) is 12.7 Å². The van der Waals surface area contributed by atoms with Gasteiger partial charge in [-0.25, -0.2) is 9.37 Å². The second-order valence-corrected chi connectivity index (χ2v) is 7.43. The van der Waals surface area contributed by atoms with E-state index in [-0.39, 0.29) is 11.5 Å². The minimum atomic E-state index is -0.438. The van der Waals surface area contributed by atoms with E-state index >= 15 is 0 Å². The normalized spacial score (nSPS) is 10.6. The van der Waals surface area contributed by atoms with Crippen LogP contribution in [0.25, 0.3) is 11.3 Å². The first-order chi connectivity index (χ1) is 14.1. The van der Waals surface area contributed by atoms with Gasteiger partial charge in [0.15, 0.2) is 5.13 Å². The number of carbonyl (C=O) groups excluding carboxylic acids is 1. The van der Waals surface area contributed by atoms with Crippen molar-refractivity contribution in [3.8, 4) is 11.3 Å². The Morgan fingerprint density at radius 1 is 0.966 bits per heavy atom. The summed E-state index contributed by atoms with van der Waals surface area (Å²) in [6.45, 7) is 2.05. The van der Waals surface area contributed by atoms with Crippen molar-refractivity contribution in [2.75, 3.05) is 10.6 Å². The molecule has 6 heteroatoms. The number of nitrogens with zero attached hydrogens (tertiary/aromatic N) is 1. The molecule has 1 aromatic heterocycles. The molecule has 0 atom stereocenters. The lowest BCUT2D eigenvalue weighted by molar-refractivity contribution is 0.102. The Balaban J connectivity index is 1.44. The van der Waals surface area contributed by atoms with Crippen LogP contribution in [0.2, 0.25) is 0 Å². The van der Waals surface area contributed by atoms with Crippen molar-refractivity contribution in [3.63, 3.8) is 0 Å². The van der Waals surface area contributed by atoms with Gasteiger partial charge in [-0.15, -0.1) is 11.3 Å². The van der Waals surface area contributed by atoms with Crippen LogP contribution in [0.3, 0.4) is 0 Å². The number of rotatable bonds is 5. The molecule has 29 heavy (non-hydrogen) atoms. The van der Waals surface area contributed by atoms with Crippen LogP contribution < -0.4 is 10.6 Å². The van der Waals surface area contributed by atoms with E-state index in [0.29, 0.717) is 5.69 Å². The molecule has 0 radical (unpaired) electrons. The van der Waals surface area contributed by atoms with Crippen molar-refractivity contribution in [2.24, 2.45) is 0 Å². The molecule has 0 aliphatic heterocycles.